The fourth-order valence-corrected chi connectivity index (χ4v) is 3.84. The Labute approximate surface area is 127 Å². The highest BCUT2D eigenvalue weighted by Gasteiger charge is 2.23. The van der Waals surface area contributed by atoms with Gasteiger partial charge in [-0.15, -0.1) is 22.0 Å². The van der Waals surface area contributed by atoms with Crippen molar-refractivity contribution in [2.45, 2.75) is 17.4 Å². The number of rotatable bonds is 3. The maximum atomic E-state index is 4.50. The molecule has 1 aliphatic heterocycles. The highest BCUT2D eigenvalue weighted by Crippen LogP contribution is 2.39. The summed E-state index contributed by atoms with van der Waals surface area (Å²) in [5, 5.41) is 12.9. The van der Waals surface area contributed by atoms with Gasteiger partial charge in [0.15, 0.2) is 0 Å². The summed E-state index contributed by atoms with van der Waals surface area (Å²) in [5.74, 6) is 2.24. The molecule has 21 heavy (non-hydrogen) atoms. The Morgan fingerprint density at radius 1 is 1.05 bits per heavy atom. The largest absolute Gasteiger partial charge is 0.204 e. The lowest BCUT2D eigenvalue weighted by atomic mass is 10.0. The van der Waals surface area contributed by atoms with Crippen molar-refractivity contribution < 1.29 is 0 Å². The molecule has 0 saturated carbocycles. The number of hydrogen-bond acceptors (Lipinski definition) is 4. The fraction of sp³-hybridized carbons (Fsp3) is 0.188. The maximum Gasteiger partial charge on any atom is 0.204 e. The zero-order valence-electron chi connectivity index (χ0n) is 11.4. The average molecular weight is 294 g/mol. The van der Waals surface area contributed by atoms with Gasteiger partial charge < -0.3 is 0 Å². The molecule has 0 fully saturated rings. The van der Waals surface area contributed by atoms with Gasteiger partial charge in [-0.2, -0.15) is 4.80 Å². The number of benzene rings is 2. The third-order valence-corrected chi connectivity index (χ3v) is 4.92. The van der Waals surface area contributed by atoms with Crippen LogP contribution in [0.1, 0.15) is 11.5 Å². The minimum Gasteiger partial charge on any atom is -0.163 e. The zero-order chi connectivity index (χ0) is 14.1. The highest BCUT2D eigenvalue weighted by molar-refractivity contribution is 7.99. The summed E-state index contributed by atoms with van der Waals surface area (Å²) in [6, 6.07) is 18.5. The van der Waals surface area contributed by atoms with E-state index in [9.17, 15) is 0 Å². The van der Waals surface area contributed by atoms with E-state index < -0.39 is 0 Å². The third-order valence-electron chi connectivity index (χ3n) is 3.67. The first kappa shape index (κ1) is 12.6. The normalized spacial score (nSPS) is 16.9. The second-order valence-corrected chi connectivity index (χ2v) is 6.14. The van der Waals surface area contributed by atoms with E-state index in [4.69, 9.17) is 0 Å². The van der Waals surface area contributed by atoms with Crippen molar-refractivity contribution in [1.29, 1.82) is 0 Å². The molecule has 2 heterocycles. The summed E-state index contributed by atoms with van der Waals surface area (Å²) in [6.45, 7) is 0.782. The average Bonchev–Trinajstić information content (AvgIpc) is 3.17. The quantitative estimate of drug-likeness (QED) is 0.744. The molecule has 104 valence electrons. The van der Waals surface area contributed by atoms with Crippen molar-refractivity contribution in [1.82, 2.24) is 20.2 Å². The van der Waals surface area contributed by atoms with Crippen LogP contribution in [0.25, 0.3) is 11.4 Å². The van der Waals surface area contributed by atoms with E-state index in [1.807, 2.05) is 42.1 Å². The standard InChI is InChI=1S/C16H14N4S/c1-2-6-12(7-3-1)16-17-19-20(18-16)10-13-11-21-15-9-5-4-8-14(13)15/h1-9,13H,10-11H2. The molecule has 1 aliphatic rings. The van der Waals surface area contributed by atoms with Crippen molar-refractivity contribution in [3.63, 3.8) is 0 Å². The molecule has 3 aromatic rings. The van der Waals surface area contributed by atoms with E-state index in [1.54, 1.807) is 4.80 Å². The molecule has 1 unspecified atom stereocenters. The Bertz CT molecular complexity index is 754. The summed E-state index contributed by atoms with van der Waals surface area (Å²) >= 11 is 1.91. The van der Waals surface area contributed by atoms with Gasteiger partial charge in [0.1, 0.15) is 0 Å². The van der Waals surface area contributed by atoms with Gasteiger partial charge >= 0.3 is 0 Å². The molecular weight excluding hydrogens is 280 g/mol. The van der Waals surface area contributed by atoms with Crippen LogP contribution in [0.2, 0.25) is 0 Å². The molecule has 0 spiro atoms. The molecule has 0 amide bonds. The molecule has 2 aromatic carbocycles. The SMILES string of the molecule is c1ccc(-c2nnn(CC3CSc4ccccc43)n2)cc1. The summed E-state index contributed by atoms with van der Waals surface area (Å²) in [7, 11) is 0. The molecule has 0 radical (unpaired) electrons. The lowest BCUT2D eigenvalue weighted by molar-refractivity contribution is 0.478. The van der Waals surface area contributed by atoms with E-state index in [-0.39, 0.29) is 0 Å². The van der Waals surface area contributed by atoms with Crippen LogP contribution in [0.4, 0.5) is 0 Å². The van der Waals surface area contributed by atoms with Gasteiger partial charge in [-0.1, -0.05) is 48.5 Å². The predicted octanol–water partition coefficient (Wildman–Crippen LogP) is 3.23. The Kier molecular flexibility index (Phi) is 3.20. The molecule has 1 atom stereocenters. The number of hydrogen-bond donors (Lipinski definition) is 0. The predicted molar refractivity (Wildman–Crippen MR) is 83.2 cm³/mol. The lowest BCUT2D eigenvalue weighted by Gasteiger charge is -2.08. The molecule has 0 saturated heterocycles. The van der Waals surface area contributed by atoms with Gasteiger partial charge in [0, 0.05) is 22.1 Å². The Balaban J connectivity index is 1.56. The third kappa shape index (κ3) is 2.45. The summed E-state index contributed by atoms with van der Waals surface area (Å²) in [6.07, 6.45) is 0. The van der Waals surface area contributed by atoms with Gasteiger partial charge in [-0.05, 0) is 16.8 Å². The van der Waals surface area contributed by atoms with E-state index in [0.717, 1.165) is 17.9 Å². The van der Waals surface area contributed by atoms with E-state index in [1.165, 1.54) is 10.5 Å². The fourth-order valence-electron chi connectivity index (χ4n) is 2.60. The van der Waals surface area contributed by atoms with Crippen molar-refractivity contribution >= 4 is 11.8 Å². The summed E-state index contributed by atoms with van der Waals surface area (Å²) in [4.78, 5) is 3.10. The van der Waals surface area contributed by atoms with Crippen LogP contribution in [0.15, 0.2) is 59.5 Å². The zero-order valence-corrected chi connectivity index (χ0v) is 12.2. The van der Waals surface area contributed by atoms with Gasteiger partial charge in [-0.25, -0.2) is 0 Å². The van der Waals surface area contributed by atoms with E-state index >= 15 is 0 Å². The Morgan fingerprint density at radius 2 is 1.86 bits per heavy atom. The summed E-state index contributed by atoms with van der Waals surface area (Å²) in [5.41, 5.74) is 2.41. The lowest BCUT2D eigenvalue weighted by Crippen LogP contribution is -2.11. The first-order valence-corrected chi connectivity index (χ1v) is 7.94. The molecule has 0 bridgehead atoms. The number of fused-ring (bicyclic) bond motifs is 1. The molecule has 0 N–H and O–H groups in total. The van der Waals surface area contributed by atoms with Gasteiger partial charge in [0.25, 0.3) is 0 Å². The number of thioether (sulfide) groups is 1. The minimum absolute atomic E-state index is 0.462. The van der Waals surface area contributed by atoms with Crippen molar-refractivity contribution in [3.05, 3.63) is 60.2 Å². The topological polar surface area (TPSA) is 43.6 Å². The van der Waals surface area contributed by atoms with E-state index in [2.05, 4.69) is 39.7 Å². The maximum absolute atomic E-state index is 4.50. The van der Waals surface area contributed by atoms with Crippen LogP contribution in [0, 0.1) is 0 Å². The second-order valence-electron chi connectivity index (χ2n) is 5.08. The Morgan fingerprint density at radius 3 is 2.76 bits per heavy atom. The van der Waals surface area contributed by atoms with Gasteiger partial charge in [-0.3, -0.25) is 0 Å². The molecule has 4 rings (SSSR count). The van der Waals surface area contributed by atoms with Crippen LogP contribution in [-0.4, -0.2) is 26.0 Å². The molecule has 5 heteroatoms. The number of tetrazole rings is 1. The monoisotopic (exact) mass is 294 g/mol. The first-order valence-electron chi connectivity index (χ1n) is 6.95. The molecular formula is C16H14N4S. The van der Waals surface area contributed by atoms with Crippen molar-refractivity contribution in [2.75, 3.05) is 5.75 Å². The van der Waals surface area contributed by atoms with Crippen LogP contribution >= 0.6 is 11.8 Å². The van der Waals surface area contributed by atoms with Crippen LogP contribution in [-0.2, 0) is 6.54 Å². The van der Waals surface area contributed by atoms with Crippen LogP contribution in [0.5, 0.6) is 0 Å². The molecule has 4 nitrogen and oxygen atoms in total. The molecule has 0 aliphatic carbocycles. The second kappa shape index (κ2) is 5.33. The summed E-state index contributed by atoms with van der Waals surface area (Å²) < 4.78 is 0. The number of nitrogens with zero attached hydrogens (tertiary/aromatic N) is 4. The van der Waals surface area contributed by atoms with E-state index in [0.29, 0.717) is 11.7 Å². The van der Waals surface area contributed by atoms with Crippen molar-refractivity contribution in [2.24, 2.45) is 0 Å². The van der Waals surface area contributed by atoms with Crippen LogP contribution in [0.3, 0.4) is 0 Å². The van der Waals surface area contributed by atoms with Gasteiger partial charge in [0.2, 0.25) is 5.82 Å². The van der Waals surface area contributed by atoms with Crippen LogP contribution < -0.4 is 0 Å². The first-order chi connectivity index (χ1) is 10.4. The molecule has 1 aromatic heterocycles. The van der Waals surface area contributed by atoms with Gasteiger partial charge in [0.05, 0.1) is 6.54 Å². The highest BCUT2D eigenvalue weighted by atomic mass is 32.2. The van der Waals surface area contributed by atoms with Crippen molar-refractivity contribution in [3.8, 4) is 11.4 Å². The smallest absolute Gasteiger partial charge is 0.163 e. The number of aromatic nitrogens is 4. The Hall–Kier alpha value is -2.14. The minimum atomic E-state index is 0.462.